The molecule has 4 atom stereocenters. The Bertz CT molecular complexity index is 757. The normalized spacial score (nSPS) is 15.9. The number of nitrogens with two attached hydrogens (primary N) is 2. The molecule has 6 heteroatoms. The number of rotatable bonds is 17. The molecule has 0 heterocycles. The zero-order valence-electron chi connectivity index (χ0n) is 23.7. The topological polar surface area (TPSA) is 70.5 Å². The Balaban J connectivity index is 2.52. The van der Waals surface area contributed by atoms with E-state index < -0.39 is 16.6 Å². The molecule has 0 saturated carbocycles. The highest BCUT2D eigenvalue weighted by molar-refractivity contribution is 6.74. The third kappa shape index (κ3) is 8.37. The standard InChI is InChI=1S/C30H52N2O2Si2/c1-7-35(8-2,9-3)33-29(27(31)23-25-19-15-13-16-20-25)30(34-36(10-4,11-5)12-6)28(32)24-26-21-17-14-18-22-26/h13-22,27-30H,7-12,23-24,31-32H2,1-6H3/t27-,28-,29+,30+/m1/s1. The molecule has 2 aromatic rings. The van der Waals surface area contributed by atoms with E-state index in [0.29, 0.717) is 0 Å². The van der Waals surface area contributed by atoms with Gasteiger partial charge in [0.1, 0.15) is 0 Å². The molecule has 2 rings (SSSR count). The van der Waals surface area contributed by atoms with Crippen molar-refractivity contribution in [2.75, 3.05) is 0 Å². The Morgan fingerprint density at radius 3 is 1.06 bits per heavy atom. The summed E-state index contributed by atoms with van der Waals surface area (Å²) in [6.45, 7) is 13.7. The van der Waals surface area contributed by atoms with Crippen molar-refractivity contribution < 1.29 is 8.85 Å². The molecule has 0 aliphatic carbocycles. The molecule has 0 bridgehead atoms. The fraction of sp³-hybridized carbons (Fsp3) is 0.600. The van der Waals surface area contributed by atoms with Crippen LogP contribution in [0, 0.1) is 0 Å². The fourth-order valence-electron chi connectivity index (χ4n) is 5.38. The Labute approximate surface area is 223 Å². The van der Waals surface area contributed by atoms with E-state index in [1.165, 1.54) is 11.1 Å². The van der Waals surface area contributed by atoms with Crippen molar-refractivity contribution in [3.8, 4) is 0 Å². The molecule has 0 amide bonds. The summed E-state index contributed by atoms with van der Waals surface area (Å²) in [5.74, 6) is 0. The second kappa shape index (κ2) is 15.2. The summed E-state index contributed by atoms with van der Waals surface area (Å²) in [6, 6.07) is 27.1. The molecule has 0 aliphatic heterocycles. The molecule has 36 heavy (non-hydrogen) atoms. The smallest absolute Gasteiger partial charge is 0.192 e. The predicted octanol–water partition coefficient (Wildman–Crippen LogP) is 6.91. The summed E-state index contributed by atoms with van der Waals surface area (Å²) < 4.78 is 14.5. The van der Waals surface area contributed by atoms with Gasteiger partial charge in [0, 0.05) is 12.1 Å². The van der Waals surface area contributed by atoms with E-state index in [0.717, 1.165) is 49.1 Å². The molecule has 0 spiro atoms. The molecule has 0 radical (unpaired) electrons. The molecule has 0 aromatic heterocycles. The number of benzene rings is 2. The van der Waals surface area contributed by atoms with E-state index >= 15 is 0 Å². The quantitative estimate of drug-likeness (QED) is 0.219. The van der Waals surface area contributed by atoms with Crippen molar-refractivity contribution in [1.82, 2.24) is 0 Å². The lowest BCUT2D eigenvalue weighted by Crippen LogP contribution is -2.61. The first-order valence-corrected chi connectivity index (χ1v) is 19.3. The van der Waals surface area contributed by atoms with E-state index in [1.807, 2.05) is 0 Å². The van der Waals surface area contributed by atoms with Gasteiger partial charge < -0.3 is 20.3 Å². The van der Waals surface area contributed by atoms with Crippen LogP contribution in [-0.4, -0.2) is 40.9 Å². The van der Waals surface area contributed by atoms with Crippen LogP contribution in [0.15, 0.2) is 60.7 Å². The Morgan fingerprint density at radius 2 is 0.806 bits per heavy atom. The molecule has 0 unspecified atom stereocenters. The van der Waals surface area contributed by atoms with Crippen molar-refractivity contribution in [1.29, 1.82) is 0 Å². The van der Waals surface area contributed by atoms with Gasteiger partial charge in [0.25, 0.3) is 0 Å². The largest absolute Gasteiger partial charge is 0.410 e. The van der Waals surface area contributed by atoms with Crippen LogP contribution < -0.4 is 11.5 Å². The number of hydrogen-bond acceptors (Lipinski definition) is 4. The molecule has 0 aliphatic rings. The molecular weight excluding hydrogens is 477 g/mol. The predicted molar refractivity (Wildman–Crippen MR) is 160 cm³/mol. The average molecular weight is 529 g/mol. The Kier molecular flexibility index (Phi) is 13.1. The van der Waals surface area contributed by atoms with Crippen LogP contribution in [0.1, 0.15) is 52.7 Å². The number of hydrogen-bond donors (Lipinski definition) is 2. The van der Waals surface area contributed by atoms with E-state index in [4.69, 9.17) is 20.3 Å². The lowest BCUT2D eigenvalue weighted by atomic mass is 9.92. The maximum atomic E-state index is 7.25. The molecule has 4 N–H and O–H groups in total. The zero-order valence-corrected chi connectivity index (χ0v) is 25.7. The van der Waals surface area contributed by atoms with Crippen LogP contribution >= 0.6 is 0 Å². The van der Waals surface area contributed by atoms with Gasteiger partial charge in [-0.15, -0.1) is 0 Å². The summed E-state index contributed by atoms with van der Waals surface area (Å²) in [7, 11) is -3.93. The Morgan fingerprint density at radius 1 is 0.528 bits per heavy atom. The van der Waals surface area contributed by atoms with Crippen molar-refractivity contribution in [2.45, 2.75) is 115 Å². The summed E-state index contributed by atoms with van der Waals surface area (Å²) >= 11 is 0. The van der Waals surface area contributed by atoms with Gasteiger partial charge in [-0.3, -0.25) is 0 Å². The second-order valence-corrected chi connectivity index (χ2v) is 19.8. The van der Waals surface area contributed by atoms with Gasteiger partial charge >= 0.3 is 0 Å². The first-order chi connectivity index (χ1) is 17.3. The maximum absolute atomic E-state index is 7.25. The van der Waals surface area contributed by atoms with Crippen LogP contribution in [0.5, 0.6) is 0 Å². The highest BCUT2D eigenvalue weighted by atomic mass is 28.4. The summed E-state index contributed by atoms with van der Waals surface area (Å²) in [4.78, 5) is 0. The van der Waals surface area contributed by atoms with Crippen LogP contribution in [0.4, 0.5) is 0 Å². The van der Waals surface area contributed by atoms with Gasteiger partial charge in [-0.2, -0.15) is 0 Å². The van der Waals surface area contributed by atoms with Crippen LogP contribution in [0.3, 0.4) is 0 Å². The minimum atomic E-state index is -1.97. The van der Waals surface area contributed by atoms with Gasteiger partial charge in [0.2, 0.25) is 0 Å². The molecule has 0 fully saturated rings. The van der Waals surface area contributed by atoms with Crippen molar-refractivity contribution in [2.24, 2.45) is 11.5 Å². The van der Waals surface area contributed by atoms with Crippen LogP contribution in [0.2, 0.25) is 36.3 Å². The zero-order chi connectivity index (χ0) is 26.6. The monoisotopic (exact) mass is 528 g/mol. The fourth-order valence-corrected chi connectivity index (χ4v) is 11.2. The van der Waals surface area contributed by atoms with Gasteiger partial charge in [-0.1, -0.05) is 102 Å². The van der Waals surface area contributed by atoms with E-state index in [9.17, 15) is 0 Å². The van der Waals surface area contributed by atoms with Crippen molar-refractivity contribution >= 4 is 16.6 Å². The summed E-state index contributed by atoms with van der Waals surface area (Å²) in [5.41, 5.74) is 16.6. The van der Waals surface area contributed by atoms with Crippen LogP contribution in [0.25, 0.3) is 0 Å². The van der Waals surface area contributed by atoms with Crippen molar-refractivity contribution in [3.05, 3.63) is 71.8 Å². The molecule has 2 aromatic carbocycles. The van der Waals surface area contributed by atoms with E-state index in [1.54, 1.807) is 0 Å². The maximum Gasteiger partial charge on any atom is 0.192 e. The molecule has 202 valence electrons. The lowest BCUT2D eigenvalue weighted by Gasteiger charge is -2.45. The minimum Gasteiger partial charge on any atom is -0.410 e. The van der Waals surface area contributed by atoms with E-state index in [2.05, 4.69) is 102 Å². The minimum absolute atomic E-state index is 0.187. The van der Waals surface area contributed by atoms with Crippen molar-refractivity contribution in [3.63, 3.8) is 0 Å². The van der Waals surface area contributed by atoms with Gasteiger partial charge in [0.15, 0.2) is 16.6 Å². The first kappa shape index (κ1) is 30.9. The average Bonchev–Trinajstić information content (AvgIpc) is 2.92. The Hall–Kier alpha value is -1.29. The lowest BCUT2D eigenvalue weighted by molar-refractivity contribution is 0.00818. The van der Waals surface area contributed by atoms with Gasteiger partial charge in [-0.05, 0) is 60.2 Å². The SMILES string of the molecule is CC[Si](CC)(CC)O[C@H]([C@@H](O[Si](CC)(CC)CC)[C@H](N)Cc1ccccc1)[C@H](N)Cc1ccccc1. The summed E-state index contributed by atoms with van der Waals surface area (Å²) in [6.07, 6.45) is 1.05. The van der Waals surface area contributed by atoms with E-state index in [-0.39, 0.29) is 24.3 Å². The molecule has 4 nitrogen and oxygen atoms in total. The molecule has 0 saturated heterocycles. The highest BCUT2D eigenvalue weighted by Crippen LogP contribution is 2.32. The van der Waals surface area contributed by atoms with Gasteiger partial charge in [0.05, 0.1) is 12.2 Å². The van der Waals surface area contributed by atoms with Gasteiger partial charge in [-0.25, -0.2) is 0 Å². The third-order valence-corrected chi connectivity index (χ3v) is 17.7. The molecular formula is C30H52N2O2Si2. The van der Waals surface area contributed by atoms with Crippen LogP contribution in [-0.2, 0) is 21.7 Å². The third-order valence-electron chi connectivity index (χ3n) is 8.43. The highest BCUT2D eigenvalue weighted by Gasteiger charge is 2.44. The second-order valence-electron chi connectivity index (χ2n) is 10.4. The summed E-state index contributed by atoms with van der Waals surface area (Å²) in [5, 5.41) is 0. The first-order valence-electron chi connectivity index (χ1n) is 14.3.